The van der Waals surface area contributed by atoms with Crippen molar-refractivity contribution in [2.75, 3.05) is 0 Å². The van der Waals surface area contributed by atoms with Gasteiger partial charge in [-0.2, -0.15) is 0 Å². The lowest BCUT2D eigenvalue weighted by atomic mass is 10.1. The van der Waals surface area contributed by atoms with Gasteiger partial charge in [0.1, 0.15) is 11.6 Å². The Labute approximate surface area is 84.0 Å². The molecule has 0 aliphatic heterocycles. The summed E-state index contributed by atoms with van der Waals surface area (Å²) in [5.41, 5.74) is 0.473. The van der Waals surface area contributed by atoms with Gasteiger partial charge in [-0.3, -0.25) is 0 Å². The molecule has 4 heteroatoms. The van der Waals surface area contributed by atoms with Crippen LogP contribution < -0.4 is 0 Å². The molecular formula is C10H7F2NS. The predicted molar refractivity (Wildman–Crippen MR) is 51.3 cm³/mol. The maximum absolute atomic E-state index is 13.2. The van der Waals surface area contributed by atoms with Crippen molar-refractivity contribution in [1.82, 2.24) is 4.98 Å². The molecule has 0 radical (unpaired) electrons. The molecule has 1 nitrogen and oxygen atoms in total. The Balaban J connectivity index is 2.25. The van der Waals surface area contributed by atoms with E-state index in [0.29, 0.717) is 12.0 Å². The van der Waals surface area contributed by atoms with Crippen molar-refractivity contribution in [2.24, 2.45) is 0 Å². The quantitative estimate of drug-likeness (QED) is 0.744. The average Bonchev–Trinajstić information content (AvgIpc) is 2.62. The highest BCUT2D eigenvalue weighted by molar-refractivity contribution is 7.09. The maximum Gasteiger partial charge on any atom is 0.129 e. The van der Waals surface area contributed by atoms with Crippen molar-refractivity contribution in [3.8, 4) is 0 Å². The van der Waals surface area contributed by atoms with Crippen molar-refractivity contribution < 1.29 is 8.78 Å². The molecule has 0 saturated carbocycles. The fraction of sp³-hybridized carbons (Fsp3) is 0.100. The van der Waals surface area contributed by atoms with Crippen LogP contribution in [0.4, 0.5) is 8.78 Å². The van der Waals surface area contributed by atoms with Crippen LogP contribution in [0.15, 0.2) is 29.8 Å². The Morgan fingerprint density at radius 1 is 1.29 bits per heavy atom. The Hall–Kier alpha value is -1.29. The van der Waals surface area contributed by atoms with Gasteiger partial charge in [-0.15, -0.1) is 11.3 Å². The fourth-order valence-corrected chi connectivity index (χ4v) is 1.81. The number of benzene rings is 1. The Bertz CT molecular complexity index is 426. The van der Waals surface area contributed by atoms with Crippen LogP contribution in [0.5, 0.6) is 0 Å². The van der Waals surface area contributed by atoms with Crippen LogP contribution in [0.3, 0.4) is 0 Å². The highest BCUT2D eigenvalue weighted by Gasteiger charge is 2.05. The molecule has 1 aromatic heterocycles. The Kier molecular flexibility index (Phi) is 2.54. The summed E-state index contributed by atoms with van der Waals surface area (Å²) >= 11 is 1.46. The molecule has 2 rings (SSSR count). The van der Waals surface area contributed by atoms with Gasteiger partial charge < -0.3 is 0 Å². The van der Waals surface area contributed by atoms with Crippen molar-refractivity contribution >= 4 is 11.3 Å². The van der Waals surface area contributed by atoms with Gasteiger partial charge in [0.05, 0.1) is 5.01 Å². The van der Waals surface area contributed by atoms with E-state index < -0.39 is 11.6 Å². The summed E-state index contributed by atoms with van der Waals surface area (Å²) in [6.07, 6.45) is 2.09. The Morgan fingerprint density at radius 2 is 2.14 bits per heavy atom. The highest BCUT2D eigenvalue weighted by Crippen LogP contribution is 2.15. The first-order chi connectivity index (χ1) is 6.75. The van der Waals surface area contributed by atoms with Crippen LogP contribution in [-0.2, 0) is 6.42 Å². The van der Waals surface area contributed by atoms with Crippen LogP contribution >= 0.6 is 11.3 Å². The third-order valence-electron chi connectivity index (χ3n) is 1.84. The zero-order valence-electron chi connectivity index (χ0n) is 7.21. The molecule has 14 heavy (non-hydrogen) atoms. The number of aromatic nitrogens is 1. The first-order valence-corrected chi connectivity index (χ1v) is 4.96. The third kappa shape index (κ3) is 1.96. The van der Waals surface area contributed by atoms with Crippen molar-refractivity contribution in [2.45, 2.75) is 6.42 Å². The minimum Gasteiger partial charge on any atom is -0.249 e. The van der Waals surface area contributed by atoms with Crippen molar-refractivity contribution in [1.29, 1.82) is 0 Å². The van der Waals surface area contributed by atoms with E-state index in [0.717, 1.165) is 11.1 Å². The number of nitrogens with zero attached hydrogens (tertiary/aromatic N) is 1. The zero-order valence-corrected chi connectivity index (χ0v) is 8.02. The van der Waals surface area contributed by atoms with Crippen LogP contribution in [0.25, 0.3) is 0 Å². The van der Waals surface area contributed by atoms with Crippen molar-refractivity contribution in [3.63, 3.8) is 0 Å². The third-order valence-corrected chi connectivity index (χ3v) is 2.62. The van der Waals surface area contributed by atoms with E-state index in [2.05, 4.69) is 4.98 Å². The number of halogens is 2. The summed E-state index contributed by atoms with van der Waals surface area (Å²) in [4.78, 5) is 4.03. The van der Waals surface area contributed by atoms with E-state index in [9.17, 15) is 8.78 Å². The van der Waals surface area contributed by atoms with E-state index in [1.54, 1.807) is 6.20 Å². The van der Waals surface area contributed by atoms with Crippen LogP contribution in [0.1, 0.15) is 10.6 Å². The number of hydrogen-bond acceptors (Lipinski definition) is 2. The molecule has 0 atom stereocenters. The molecule has 1 heterocycles. The van der Waals surface area contributed by atoms with Gasteiger partial charge in [0.15, 0.2) is 0 Å². The van der Waals surface area contributed by atoms with E-state index in [1.165, 1.54) is 23.5 Å². The van der Waals surface area contributed by atoms with E-state index in [1.807, 2.05) is 5.38 Å². The molecule has 0 spiro atoms. The molecule has 0 bridgehead atoms. The van der Waals surface area contributed by atoms with Gasteiger partial charge >= 0.3 is 0 Å². The lowest BCUT2D eigenvalue weighted by Crippen LogP contribution is -1.92. The number of hydrogen-bond donors (Lipinski definition) is 0. The molecule has 0 aliphatic rings. The molecule has 72 valence electrons. The molecule has 0 fully saturated rings. The highest BCUT2D eigenvalue weighted by atomic mass is 32.1. The molecule has 0 aliphatic carbocycles. The minimum atomic E-state index is -0.551. The monoisotopic (exact) mass is 211 g/mol. The first-order valence-electron chi connectivity index (χ1n) is 4.08. The summed E-state index contributed by atoms with van der Waals surface area (Å²) in [5, 5.41) is 2.66. The largest absolute Gasteiger partial charge is 0.249 e. The van der Waals surface area contributed by atoms with Crippen molar-refractivity contribution in [3.05, 3.63) is 52.0 Å². The van der Waals surface area contributed by atoms with Gasteiger partial charge in [-0.1, -0.05) is 6.07 Å². The molecule has 1 aromatic carbocycles. The maximum atomic E-state index is 13.2. The minimum absolute atomic E-state index is 0.420. The molecular weight excluding hydrogens is 204 g/mol. The van der Waals surface area contributed by atoms with Crippen LogP contribution in [0, 0.1) is 11.6 Å². The molecule has 2 aromatic rings. The summed E-state index contributed by atoms with van der Waals surface area (Å²) in [5.74, 6) is -1.06. The fourth-order valence-electron chi connectivity index (χ4n) is 1.17. The second kappa shape index (κ2) is 3.84. The summed E-state index contributed by atoms with van der Waals surface area (Å²) in [7, 11) is 0. The van der Waals surface area contributed by atoms with E-state index >= 15 is 0 Å². The molecule has 0 N–H and O–H groups in total. The second-order valence-electron chi connectivity index (χ2n) is 2.84. The SMILES string of the molecule is Fc1ccc(Cc2nccs2)c(F)c1. The van der Waals surface area contributed by atoms with E-state index in [4.69, 9.17) is 0 Å². The lowest BCUT2D eigenvalue weighted by molar-refractivity contribution is 0.574. The number of rotatable bonds is 2. The molecule has 0 amide bonds. The second-order valence-corrected chi connectivity index (χ2v) is 3.82. The summed E-state index contributed by atoms with van der Waals surface area (Å²) < 4.78 is 25.8. The van der Waals surface area contributed by atoms with Gasteiger partial charge in [-0.25, -0.2) is 13.8 Å². The van der Waals surface area contributed by atoms with E-state index in [-0.39, 0.29) is 0 Å². The Morgan fingerprint density at radius 3 is 2.79 bits per heavy atom. The van der Waals surface area contributed by atoms with Gasteiger partial charge in [0.25, 0.3) is 0 Å². The summed E-state index contributed by atoms with van der Waals surface area (Å²) in [6, 6.07) is 3.60. The predicted octanol–water partition coefficient (Wildman–Crippen LogP) is 3.01. The zero-order chi connectivity index (χ0) is 9.97. The van der Waals surface area contributed by atoms with Gasteiger partial charge in [0.2, 0.25) is 0 Å². The van der Waals surface area contributed by atoms with Crippen LogP contribution in [0.2, 0.25) is 0 Å². The van der Waals surface area contributed by atoms with Gasteiger partial charge in [-0.05, 0) is 11.6 Å². The molecule has 0 saturated heterocycles. The lowest BCUT2D eigenvalue weighted by Gasteiger charge is -1.99. The summed E-state index contributed by atoms with van der Waals surface area (Å²) in [6.45, 7) is 0. The smallest absolute Gasteiger partial charge is 0.129 e. The number of thiazole rings is 1. The van der Waals surface area contributed by atoms with Gasteiger partial charge in [0, 0.05) is 24.1 Å². The average molecular weight is 211 g/mol. The topological polar surface area (TPSA) is 12.9 Å². The van der Waals surface area contributed by atoms with Crippen LogP contribution in [-0.4, -0.2) is 4.98 Å². The standard InChI is InChI=1S/C10H7F2NS/c11-8-2-1-7(9(12)6-8)5-10-13-3-4-14-10/h1-4,6H,5H2. The molecule has 0 unspecified atom stereocenters. The first kappa shape index (κ1) is 9.27. The normalized spacial score (nSPS) is 10.4.